The van der Waals surface area contributed by atoms with Crippen LogP contribution in [0.25, 0.3) is 20.8 Å². The molecular weight excluding hydrogens is 618 g/mol. The number of fused-ring (bicyclic) bond motifs is 1. The van der Waals surface area contributed by atoms with Gasteiger partial charge in [0.1, 0.15) is 16.8 Å². The average molecular weight is 646 g/mol. The van der Waals surface area contributed by atoms with Crippen LogP contribution >= 0.6 is 22.9 Å². The van der Waals surface area contributed by atoms with Gasteiger partial charge in [-0.05, 0) is 97.3 Å². The fourth-order valence-electron chi connectivity index (χ4n) is 5.28. The predicted molar refractivity (Wildman–Crippen MR) is 173 cm³/mol. The summed E-state index contributed by atoms with van der Waals surface area (Å²) in [6.45, 7) is 2.01. The number of carbonyl (C=O) groups is 2. The van der Waals surface area contributed by atoms with Crippen LogP contribution in [0.15, 0.2) is 95.9 Å². The van der Waals surface area contributed by atoms with Crippen molar-refractivity contribution < 1.29 is 22.7 Å². The number of sulfonamides is 1. The topological polar surface area (TPSA) is 96.9 Å². The van der Waals surface area contributed by atoms with Crippen LogP contribution in [-0.4, -0.2) is 49.2 Å². The first-order valence-electron chi connectivity index (χ1n) is 13.9. The zero-order valence-electron chi connectivity index (χ0n) is 23.9. The Morgan fingerprint density at radius 3 is 2.45 bits per heavy atom. The van der Waals surface area contributed by atoms with Crippen LogP contribution in [0.4, 0.5) is 5.69 Å². The third kappa shape index (κ3) is 5.86. The normalized spacial score (nSPS) is 15.5. The van der Waals surface area contributed by atoms with E-state index in [0.717, 1.165) is 41.1 Å². The number of nitrogens with zero attached hydrogens (tertiary/aromatic N) is 3. The van der Waals surface area contributed by atoms with E-state index in [1.165, 1.54) is 19.2 Å². The highest BCUT2D eigenvalue weighted by atomic mass is 35.5. The van der Waals surface area contributed by atoms with E-state index >= 15 is 0 Å². The molecule has 6 rings (SSSR count). The summed E-state index contributed by atoms with van der Waals surface area (Å²) in [5, 5.41) is 1.35. The lowest BCUT2D eigenvalue weighted by Gasteiger charge is -2.27. The fourth-order valence-corrected chi connectivity index (χ4v) is 8.14. The van der Waals surface area contributed by atoms with Gasteiger partial charge in [-0.3, -0.25) is 9.59 Å². The molecule has 0 bridgehead atoms. The molecule has 2 heterocycles. The second kappa shape index (κ2) is 12.1. The highest BCUT2D eigenvalue weighted by molar-refractivity contribution is 7.89. The van der Waals surface area contributed by atoms with E-state index in [1.807, 2.05) is 37.3 Å². The highest BCUT2D eigenvalue weighted by Gasteiger charge is 2.46. The van der Waals surface area contributed by atoms with E-state index in [1.54, 1.807) is 53.8 Å². The monoisotopic (exact) mass is 645 g/mol. The quantitative estimate of drug-likeness (QED) is 0.170. The molecule has 5 aromatic rings. The van der Waals surface area contributed by atoms with E-state index in [4.69, 9.17) is 21.3 Å². The number of aromatic nitrogens is 1. The predicted octanol–water partition coefficient (Wildman–Crippen LogP) is 6.50. The molecule has 224 valence electrons. The molecule has 1 aliphatic rings. The number of benzene rings is 4. The first-order valence-corrected chi connectivity index (χ1v) is 16.5. The summed E-state index contributed by atoms with van der Waals surface area (Å²) in [6.07, 6.45) is 0.0209. The van der Waals surface area contributed by atoms with Crippen LogP contribution in [0.2, 0.25) is 5.02 Å². The van der Waals surface area contributed by atoms with Gasteiger partial charge in [0, 0.05) is 17.1 Å². The molecule has 2 amide bonds. The van der Waals surface area contributed by atoms with Gasteiger partial charge in [-0.15, -0.1) is 11.3 Å². The molecule has 11 heteroatoms. The average Bonchev–Trinajstić information content (AvgIpc) is 3.56. The smallest absolute Gasteiger partial charge is 0.252 e. The Hall–Kier alpha value is -4.09. The maximum absolute atomic E-state index is 14.0. The van der Waals surface area contributed by atoms with Crippen molar-refractivity contribution in [3.8, 4) is 16.3 Å². The second-order valence-corrected chi connectivity index (χ2v) is 13.9. The van der Waals surface area contributed by atoms with Crippen molar-refractivity contribution in [2.24, 2.45) is 0 Å². The molecule has 1 aromatic heterocycles. The fraction of sp³-hybridized carbons (Fsp3) is 0.182. The largest absolute Gasteiger partial charge is 0.497 e. The Labute approximate surface area is 264 Å². The van der Waals surface area contributed by atoms with Crippen molar-refractivity contribution in [1.29, 1.82) is 0 Å². The van der Waals surface area contributed by atoms with Gasteiger partial charge in [-0.2, -0.15) is 4.31 Å². The van der Waals surface area contributed by atoms with Gasteiger partial charge in [-0.1, -0.05) is 29.8 Å². The minimum absolute atomic E-state index is 0.00141. The first-order chi connectivity index (χ1) is 21.1. The summed E-state index contributed by atoms with van der Waals surface area (Å²) < 4.78 is 35.3. The number of imide groups is 1. The number of rotatable bonds is 9. The van der Waals surface area contributed by atoms with Gasteiger partial charge in [0.25, 0.3) is 5.91 Å². The number of carbonyl (C=O) groups excluding carboxylic acids is 2. The van der Waals surface area contributed by atoms with Crippen molar-refractivity contribution in [1.82, 2.24) is 9.29 Å². The van der Waals surface area contributed by atoms with Crippen molar-refractivity contribution in [3.63, 3.8) is 0 Å². The van der Waals surface area contributed by atoms with Crippen molar-refractivity contribution in [2.45, 2.75) is 30.7 Å². The van der Waals surface area contributed by atoms with Gasteiger partial charge in [0.15, 0.2) is 0 Å². The molecule has 1 aliphatic heterocycles. The Morgan fingerprint density at radius 1 is 1.00 bits per heavy atom. The van der Waals surface area contributed by atoms with Crippen LogP contribution in [0, 0.1) is 6.92 Å². The van der Waals surface area contributed by atoms with Gasteiger partial charge in [0.2, 0.25) is 15.9 Å². The minimum Gasteiger partial charge on any atom is -0.497 e. The van der Waals surface area contributed by atoms with Gasteiger partial charge < -0.3 is 4.74 Å². The summed E-state index contributed by atoms with van der Waals surface area (Å²) >= 11 is 7.72. The number of amides is 2. The lowest BCUT2D eigenvalue weighted by molar-refractivity contribution is -0.122. The lowest BCUT2D eigenvalue weighted by Crippen LogP contribution is -2.46. The van der Waals surface area contributed by atoms with Gasteiger partial charge in [0.05, 0.1) is 34.3 Å². The molecule has 0 spiro atoms. The molecule has 0 N–H and O–H groups in total. The highest BCUT2D eigenvalue weighted by Crippen LogP contribution is 2.34. The number of hydrogen-bond donors (Lipinski definition) is 0. The SMILES string of the molecule is COc1ccc(S(=O)(=O)N(CCc2cccc(Cl)c2)C2CC(=O)N(c3ccc(-c4nc5ccc(C)cc5s4)cc3)C2=O)cc1. The third-order valence-corrected chi connectivity index (χ3v) is 10.8. The van der Waals surface area contributed by atoms with E-state index < -0.39 is 27.9 Å². The third-order valence-electron chi connectivity index (χ3n) is 7.56. The summed E-state index contributed by atoms with van der Waals surface area (Å²) in [7, 11) is -2.68. The zero-order valence-corrected chi connectivity index (χ0v) is 26.3. The van der Waals surface area contributed by atoms with E-state index in [-0.39, 0.29) is 17.9 Å². The Balaban J connectivity index is 1.29. The van der Waals surface area contributed by atoms with Gasteiger partial charge in [-0.25, -0.2) is 18.3 Å². The number of hydrogen-bond acceptors (Lipinski definition) is 7. The molecular formula is C33H28ClN3O5S2. The van der Waals surface area contributed by atoms with Crippen molar-refractivity contribution >= 4 is 60.7 Å². The standard InChI is InChI=1S/C33H28ClN3O5S2/c1-21-6-15-28-30(18-21)43-32(35-28)23-7-9-25(10-8-23)37-31(38)20-29(33(37)39)36(17-16-22-4-3-5-24(34)19-22)44(40,41)27-13-11-26(42-2)12-14-27/h3-15,18-19,29H,16-17,20H2,1-2H3. The van der Waals surface area contributed by atoms with Gasteiger partial charge >= 0.3 is 0 Å². The summed E-state index contributed by atoms with van der Waals surface area (Å²) in [6, 6.07) is 25.0. The minimum atomic E-state index is -4.17. The number of anilines is 1. The van der Waals surface area contributed by atoms with Crippen LogP contribution in [0.1, 0.15) is 17.5 Å². The Bertz CT molecular complexity index is 1980. The Morgan fingerprint density at radius 2 is 1.75 bits per heavy atom. The molecule has 1 atom stereocenters. The zero-order chi connectivity index (χ0) is 31.0. The number of thiazole rings is 1. The van der Waals surface area contributed by atoms with E-state index in [0.29, 0.717) is 22.9 Å². The molecule has 0 saturated carbocycles. The molecule has 0 aliphatic carbocycles. The van der Waals surface area contributed by atoms with Crippen LogP contribution in [0.5, 0.6) is 5.75 Å². The maximum atomic E-state index is 14.0. The second-order valence-electron chi connectivity index (χ2n) is 10.5. The molecule has 4 aromatic carbocycles. The summed E-state index contributed by atoms with van der Waals surface area (Å²) in [5.74, 6) is -0.570. The molecule has 1 unspecified atom stereocenters. The number of halogens is 1. The van der Waals surface area contributed by atoms with Crippen LogP contribution in [-0.2, 0) is 26.0 Å². The number of methoxy groups -OCH3 is 1. The van der Waals surface area contributed by atoms with Crippen LogP contribution < -0.4 is 9.64 Å². The Kier molecular flexibility index (Phi) is 8.26. The van der Waals surface area contributed by atoms with E-state index in [9.17, 15) is 18.0 Å². The summed E-state index contributed by atoms with van der Waals surface area (Å²) in [4.78, 5) is 33.0. The number of aryl methyl sites for hydroxylation is 1. The lowest BCUT2D eigenvalue weighted by atomic mass is 10.1. The molecule has 1 saturated heterocycles. The first kappa shape index (κ1) is 30.0. The molecule has 0 radical (unpaired) electrons. The van der Waals surface area contributed by atoms with Crippen LogP contribution in [0.3, 0.4) is 0 Å². The maximum Gasteiger partial charge on any atom is 0.252 e. The van der Waals surface area contributed by atoms with E-state index in [2.05, 4.69) is 6.07 Å². The molecule has 8 nitrogen and oxygen atoms in total. The summed E-state index contributed by atoms with van der Waals surface area (Å²) in [5.41, 5.74) is 4.10. The molecule has 1 fully saturated rings. The van der Waals surface area contributed by atoms with Crippen molar-refractivity contribution in [2.75, 3.05) is 18.6 Å². The van der Waals surface area contributed by atoms with Crippen molar-refractivity contribution in [3.05, 3.63) is 107 Å². The molecule has 44 heavy (non-hydrogen) atoms. The number of ether oxygens (including phenoxy) is 1.